The summed E-state index contributed by atoms with van der Waals surface area (Å²) in [6.45, 7) is 8.08. The van der Waals surface area contributed by atoms with Gasteiger partial charge in [0.25, 0.3) is 6.47 Å². The second kappa shape index (κ2) is 5.23. The monoisotopic (exact) mass is 147 g/mol. The summed E-state index contributed by atoms with van der Waals surface area (Å²) in [4.78, 5) is 8.36. The Balaban J connectivity index is 0. The van der Waals surface area contributed by atoms with E-state index in [4.69, 9.17) is 15.6 Å². The molecule has 0 aliphatic rings. The predicted molar refractivity (Wildman–Crippen MR) is 41.8 cm³/mol. The minimum Gasteiger partial charge on any atom is -0.483 e. The molecule has 0 saturated carbocycles. The van der Waals surface area contributed by atoms with Crippen molar-refractivity contribution in [3.05, 3.63) is 0 Å². The Hall–Kier alpha value is -0.570. The number of nitrogens with two attached hydrogens (primary N) is 1. The molecule has 62 valence electrons. The van der Waals surface area contributed by atoms with E-state index in [2.05, 4.69) is 13.8 Å². The Kier molecular flexibility index (Phi) is 6.35. The third kappa shape index (κ3) is 10.4. The van der Waals surface area contributed by atoms with Crippen LogP contribution in [0, 0.1) is 5.92 Å². The van der Waals surface area contributed by atoms with Crippen LogP contribution in [-0.4, -0.2) is 17.1 Å². The van der Waals surface area contributed by atoms with Crippen molar-refractivity contribution in [3.8, 4) is 0 Å². The Labute approximate surface area is 62.2 Å². The van der Waals surface area contributed by atoms with E-state index in [-0.39, 0.29) is 12.0 Å². The van der Waals surface area contributed by atoms with Gasteiger partial charge in [-0.3, -0.25) is 4.79 Å². The highest BCUT2D eigenvalue weighted by Gasteiger charge is 2.14. The maximum absolute atomic E-state index is 8.36. The van der Waals surface area contributed by atoms with E-state index >= 15 is 0 Å². The van der Waals surface area contributed by atoms with Crippen LogP contribution in [0.15, 0.2) is 0 Å². The van der Waals surface area contributed by atoms with Crippen LogP contribution in [0.5, 0.6) is 0 Å². The van der Waals surface area contributed by atoms with Gasteiger partial charge in [-0.2, -0.15) is 0 Å². The van der Waals surface area contributed by atoms with Gasteiger partial charge in [0.2, 0.25) is 0 Å². The van der Waals surface area contributed by atoms with Crippen molar-refractivity contribution in [1.29, 1.82) is 0 Å². The summed E-state index contributed by atoms with van der Waals surface area (Å²) < 4.78 is 0. The van der Waals surface area contributed by atoms with Gasteiger partial charge in [0.1, 0.15) is 0 Å². The maximum atomic E-state index is 8.36. The molecular weight excluding hydrogens is 130 g/mol. The molecule has 0 aliphatic carbocycles. The van der Waals surface area contributed by atoms with Gasteiger partial charge in [0.05, 0.1) is 0 Å². The molecule has 0 heterocycles. The molecule has 0 aromatic carbocycles. The first-order chi connectivity index (χ1) is 4.36. The van der Waals surface area contributed by atoms with Crippen molar-refractivity contribution in [2.24, 2.45) is 11.7 Å². The van der Waals surface area contributed by atoms with Crippen LogP contribution in [0.25, 0.3) is 0 Å². The molecule has 0 unspecified atom stereocenters. The van der Waals surface area contributed by atoms with Crippen LogP contribution in [-0.2, 0) is 4.79 Å². The van der Waals surface area contributed by atoms with Crippen molar-refractivity contribution in [2.75, 3.05) is 0 Å². The molecule has 10 heavy (non-hydrogen) atoms. The summed E-state index contributed by atoms with van der Waals surface area (Å²) in [5.74, 6) is 0.576. The zero-order valence-electron chi connectivity index (χ0n) is 7.09. The molecule has 0 aromatic rings. The average Bonchev–Trinajstić information content (AvgIpc) is 1.64. The fourth-order valence-corrected chi connectivity index (χ4v) is 0. The van der Waals surface area contributed by atoms with Gasteiger partial charge in [-0.25, -0.2) is 0 Å². The smallest absolute Gasteiger partial charge is 0.290 e. The van der Waals surface area contributed by atoms with Gasteiger partial charge >= 0.3 is 0 Å². The summed E-state index contributed by atoms with van der Waals surface area (Å²) in [6, 6.07) is 0. The zero-order valence-corrected chi connectivity index (χ0v) is 7.09. The topological polar surface area (TPSA) is 63.3 Å². The number of hydrogen-bond acceptors (Lipinski definition) is 2. The lowest BCUT2D eigenvalue weighted by atomic mass is 9.92. The van der Waals surface area contributed by atoms with Gasteiger partial charge in [0.15, 0.2) is 0 Å². The summed E-state index contributed by atoms with van der Waals surface area (Å²) >= 11 is 0. The van der Waals surface area contributed by atoms with E-state index in [1.54, 1.807) is 0 Å². The zero-order chi connectivity index (χ0) is 8.78. The Morgan fingerprint density at radius 1 is 1.50 bits per heavy atom. The molecule has 0 aliphatic heterocycles. The molecule has 0 atom stereocenters. The van der Waals surface area contributed by atoms with E-state index in [1.165, 1.54) is 0 Å². The lowest BCUT2D eigenvalue weighted by Crippen LogP contribution is -2.37. The predicted octanol–water partition coefficient (Wildman–Crippen LogP) is 1.08. The first-order valence-electron chi connectivity index (χ1n) is 3.23. The number of carboxylic acid groups (broad SMARTS) is 1. The summed E-state index contributed by atoms with van der Waals surface area (Å²) in [5.41, 5.74) is 5.68. The number of carbonyl (C=O) groups is 1. The first kappa shape index (κ1) is 12.1. The molecule has 0 bridgehead atoms. The second-order valence-electron chi connectivity index (χ2n) is 3.08. The van der Waals surface area contributed by atoms with Crippen molar-refractivity contribution < 1.29 is 9.90 Å². The maximum Gasteiger partial charge on any atom is 0.290 e. The minimum absolute atomic E-state index is 0. The highest BCUT2D eigenvalue weighted by molar-refractivity contribution is 5.32. The minimum atomic E-state index is -0.250. The third-order valence-corrected chi connectivity index (χ3v) is 1.49. The van der Waals surface area contributed by atoms with Crippen LogP contribution in [0.4, 0.5) is 0 Å². The Morgan fingerprint density at radius 2 is 1.60 bits per heavy atom. The summed E-state index contributed by atoms with van der Waals surface area (Å²) in [6.07, 6.45) is 0. The van der Waals surface area contributed by atoms with E-state index < -0.39 is 0 Å². The van der Waals surface area contributed by atoms with Crippen molar-refractivity contribution in [3.63, 3.8) is 0 Å². The van der Waals surface area contributed by atoms with Crippen molar-refractivity contribution in [2.45, 2.75) is 33.2 Å². The lowest BCUT2D eigenvalue weighted by Gasteiger charge is -2.22. The second-order valence-corrected chi connectivity index (χ2v) is 3.08. The molecule has 0 spiro atoms. The largest absolute Gasteiger partial charge is 0.483 e. The van der Waals surface area contributed by atoms with Gasteiger partial charge in [0, 0.05) is 5.54 Å². The normalized spacial score (nSPS) is 10.2. The average molecular weight is 147 g/mol. The SMILES string of the molecule is CC(C)C(C)(C)N.O=CO. The van der Waals surface area contributed by atoms with Crippen LogP contribution < -0.4 is 5.73 Å². The quantitative estimate of drug-likeness (QED) is 0.545. The standard InChI is InChI=1S/C6H15N.CH2O2/c1-5(2)6(3,4)7;2-1-3/h5H,7H2,1-4H3;1H,(H,2,3). The molecule has 0 saturated heterocycles. The number of hydrogen-bond donors (Lipinski definition) is 2. The molecule has 0 fully saturated rings. The van der Waals surface area contributed by atoms with E-state index in [0.717, 1.165) is 0 Å². The first-order valence-corrected chi connectivity index (χ1v) is 3.23. The van der Waals surface area contributed by atoms with Gasteiger partial charge in [-0.15, -0.1) is 0 Å². The molecule has 3 nitrogen and oxygen atoms in total. The van der Waals surface area contributed by atoms with Gasteiger partial charge in [-0.05, 0) is 19.8 Å². The van der Waals surface area contributed by atoms with Crippen molar-refractivity contribution in [1.82, 2.24) is 0 Å². The summed E-state index contributed by atoms with van der Waals surface area (Å²) in [7, 11) is 0. The molecule has 0 rings (SSSR count). The number of rotatable bonds is 1. The highest BCUT2D eigenvalue weighted by Crippen LogP contribution is 2.09. The van der Waals surface area contributed by atoms with Gasteiger partial charge < -0.3 is 10.8 Å². The Bertz CT molecular complexity index is 84.1. The van der Waals surface area contributed by atoms with E-state index in [9.17, 15) is 0 Å². The molecular formula is C7H17NO2. The van der Waals surface area contributed by atoms with Crippen LogP contribution in [0.3, 0.4) is 0 Å². The molecule has 0 radical (unpaired) electrons. The molecule has 0 amide bonds. The van der Waals surface area contributed by atoms with Crippen LogP contribution >= 0.6 is 0 Å². The van der Waals surface area contributed by atoms with Crippen LogP contribution in [0.1, 0.15) is 27.7 Å². The lowest BCUT2D eigenvalue weighted by molar-refractivity contribution is -0.122. The third-order valence-electron chi connectivity index (χ3n) is 1.49. The molecule has 3 N–H and O–H groups in total. The van der Waals surface area contributed by atoms with Gasteiger partial charge in [-0.1, -0.05) is 13.8 Å². The fourth-order valence-electron chi connectivity index (χ4n) is 0. The molecule has 3 heteroatoms. The molecule has 0 aromatic heterocycles. The Morgan fingerprint density at radius 3 is 1.60 bits per heavy atom. The fraction of sp³-hybridized carbons (Fsp3) is 0.857. The van der Waals surface area contributed by atoms with Crippen LogP contribution in [0.2, 0.25) is 0 Å². The summed E-state index contributed by atoms with van der Waals surface area (Å²) in [5, 5.41) is 6.89. The van der Waals surface area contributed by atoms with Crippen molar-refractivity contribution >= 4 is 6.47 Å². The highest BCUT2D eigenvalue weighted by atomic mass is 16.3. The van der Waals surface area contributed by atoms with E-state index in [1.807, 2.05) is 13.8 Å². The van der Waals surface area contributed by atoms with E-state index in [0.29, 0.717) is 5.92 Å².